The summed E-state index contributed by atoms with van der Waals surface area (Å²) in [5.74, 6) is -0.234. The van der Waals surface area contributed by atoms with Crippen molar-refractivity contribution in [1.82, 2.24) is 5.32 Å². The molecule has 0 aliphatic rings. The minimum absolute atomic E-state index is 0.234. The van der Waals surface area contributed by atoms with Gasteiger partial charge in [-0.3, -0.25) is 4.79 Å². The maximum atomic E-state index is 10.9. The zero-order valence-corrected chi connectivity index (χ0v) is 8.38. The van der Waals surface area contributed by atoms with E-state index in [0.29, 0.717) is 0 Å². The van der Waals surface area contributed by atoms with Gasteiger partial charge in [0.15, 0.2) is 0 Å². The lowest BCUT2D eigenvalue weighted by atomic mass is 10.2. The summed E-state index contributed by atoms with van der Waals surface area (Å²) in [6.45, 7) is 2.81. The highest BCUT2D eigenvalue weighted by atomic mass is 16.5. The normalized spacial score (nSPS) is 12.5. The van der Waals surface area contributed by atoms with E-state index in [4.69, 9.17) is 5.11 Å². The first-order valence-corrected chi connectivity index (χ1v) is 4.64. The Morgan fingerprint density at radius 3 is 2.69 bits per heavy atom. The van der Waals surface area contributed by atoms with E-state index in [9.17, 15) is 4.79 Å². The lowest BCUT2D eigenvalue weighted by molar-refractivity contribution is -0.142. The van der Waals surface area contributed by atoms with Crippen LogP contribution in [-0.2, 0) is 9.53 Å². The van der Waals surface area contributed by atoms with Crippen LogP contribution < -0.4 is 5.32 Å². The van der Waals surface area contributed by atoms with Crippen LogP contribution in [0.15, 0.2) is 0 Å². The van der Waals surface area contributed by atoms with Gasteiger partial charge in [-0.2, -0.15) is 0 Å². The lowest BCUT2D eigenvalue weighted by Crippen LogP contribution is -2.35. The van der Waals surface area contributed by atoms with Crippen LogP contribution in [0.5, 0.6) is 0 Å². The van der Waals surface area contributed by atoms with Gasteiger partial charge in [-0.05, 0) is 32.7 Å². The Morgan fingerprint density at radius 1 is 1.46 bits per heavy atom. The molecular formula is C9H19NO3. The molecule has 0 heterocycles. The first kappa shape index (κ1) is 12.4. The topological polar surface area (TPSA) is 58.6 Å². The van der Waals surface area contributed by atoms with Crippen LogP contribution in [0.3, 0.4) is 0 Å². The smallest absolute Gasteiger partial charge is 0.322 e. The third-order valence-electron chi connectivity index (χ3n) is 1.84. The molecule has 0 rings (SSSR count). The number of carbonyl (C=O) groups is 1. The molecule has 0 aromatic rings. The van der Waals surface area contributed by atoms with E-state index in [1.807, 2.05) is 0 Å². The fourth-order valence-electron chi connectivity index (χ4n) is 0.992. The number of hydrogen-bond donors (Lipinski definition) is 2. The van der Waals surface area contributed by atoms with Crippen molar-refractivity contribution in [2.24, 2.45) is 0 Å². The summed E-state index contributed by atoms with van der Waals surface area (Å²) < 4.78 is 4.55. The van der Waals surface area contributed by atoms with E-state index in [1.165, 1.54) is 7.11 Å². The first-order chi connectivity index (χ1) is 6.22. The van der Waals surface area contributed by atoms with Crippen LogP contribution in [0, 0.1) is 0 Å². The van der Waals surface area contributed by atoms with Crippen molar-refractivity contribution in [3.8, 4) is 0 Å². The first-order valence-electron chi connectivity index (χ1n) is 4.64. The maximum Gasteiger partial charge on any atom is 0.322 e. The Labute approximate surface area is 79.3 Å². The number of rotatable bonds is 7. The molecule has 0 aliphatic carbocycles. The highest BCUT2D eigenvalue weighted by Gasteiger charge is 2.10. The van der Waals surface area contributed by atoms with E-state index in [0.717, 1.165) is 25.8 Å². The minimum Gasteiger partial charge on any atom is -0.468 e. The second kappa shape index (κ2) is 8.01. The Kier molecular flexibility index (Phi) is 7.63. The number of aliphatic hydroxyl groups is 1. The predicted octanol–water partition coefficient (Wildman–Crippen LogP) is 0.300. The van der Waals surface area contributed by atoms with Gasteiger partial charge >= 0.3 is 5.97 Å². The molecule has 78 valence electrons. The Morgan fingerprint density at radius 2 is 2.15 bits per heavy atom. The van der Waals surface area contributed by atoms with E-state index in [1.54, 1.807) is 6.92 Å². The number of nitrogens with one attached hydrogen (secondary N) is 1. The molecule has 2 N–H and O–H groups in total. The van der Waals surface area contributed by atoms with Crippen molar-refractivity contribution in [3.05, 3.63) is 0 Å². The molecule has 0 amide bonds. The summed E-state index contributed by atoms with van der Waals surface area (Å²) in [7, 11) is 1.38. The molecule has 0 saturated heterocycles. The van der Waals surface area contributed by atoms with E-state index in [2.05, 4.69) is 10.1 Å². The predicted molar refractivity (Wildman–Crippen MR) is 50.4 cm³/mol. The maximum absolute atomic E-state index is 10.9. The van der Waals surface area contributed by atoms with E-state index < -0.39 is 0 Å². The van der Waals surface area contributed by atoms with Crippen molar-refractivity contribution < 1.29 is 14.6 Å². The number of aliphatic hydroxyl groups excluding tert-OH is 1. The molecule has 0 bridgehead atoms. The quantitative estimate of drug-likeness (QED) is 0.447. The van der Waals surface area contributed by atoms with Gasteiger partial charge in [-0.25, -0.2) is 0 Å². The summed E-state index contributed by atoms with van der Waals surface area (Å²) in [5, 5.41) is 11.5. The van der Waals surface area contributed by atoms with Gasteiger partial charge in [0.05, 0.1) is 7.11 Å². The van der Waals surface area contributed by atoms with Gasteiger partial charge in [-0.1, -0.05) is 0 Å². The zero-order chi connectivity index (χ0) is 10.1. The van der Waals surface area contributed by atoms with Crippen LogP contribution >= 0.6 is 0 Å². The van der Waals surface area contributed by atoms with Crippen molar-refractivity contribution in [2.75, 3.05) is 20.3 Å². The minimum atomic E-state index is -0.237. The lowest BCUT2D eigenvalue weighted by Gasteiger charge is -2.10. The fraction of sp³-hybridized carbons (Fsp3) is 0.889. The highest BCUT2D eigenvalue weighted by Crippen LogP contribution is 1.93. The number of carbonyl (C=O) groups excluding carboxylic acids is 1. The van der Waals surface area contributed by atoms with Crippen molar-refractivity contribution >= 4 is 5.97 Å². The third kappa shape index (κ3) is 6.54. The summed E-state index contributed by atoms with van der Waals surface area (Å²) in [6, 6.07) is -0.237. The molecule has 0 aromatic carbocycles. The van der Waals surface area contributed by atoms with Crippen molar-refractivity contribution in [1.29, 1.82) is 0 Å². The second-order valence-corrected chi connectivity index (χ2v) is 2.98. The van der Waals surface area contributed by atoms with Crippen molar-refractivity contribution in [2.45, 2.75) is 32.2 Å². The fourth-order valence-corrected chi connectivity index (χ4v) is 0.992. The summed E-state index contributed by atoms with van der Waals surface area (Å²) in [5.41, 5.74) is 0. The number of methoxy groups -OCH3 is 1. The molecule has 0 saturated carbocycles. The van der Waals surface area contributed by atoms with Crippen LogP contribution in [0.2, 0.25) is 0 Å². The van der Waals surface area contributed by atoms with Gasteiger partial charge in [0.25, 0.3) is 0 Å². The Bertz CT molecular complexity index is 139. The largest absolute Gasteiger partial charge is 0.468 e. The van der Waals surface area contributed by atoms with Crippen LogP contribution in [0.1, 0.15) is 26.2 Å². The average Bonchev–Trinajstić information content (AvgIpc) is 2.16. The van der Waals surface area contributed by atoms with Gasteiger partial charge in [-0.15, -0.1) is 0 Å². The van der Waals surface area contributed by atoms with Crippen LogP contribution in [-0.4, -0.2) is 37.4 Å². The Balaban J connectivity index is 3.26. The van der Waals surface area contributed by atoms with Gasteiger partial charge in [0, 0.05) is 6.61 Å². The number of ether oxygens (including phenoxy) is 1. The monoisotopic (exact) mass is 189 g/mol. The molecule has 13 heavy (non-hydrogen) atoms. The number of hydrogen-bond acceptors (Lipinski definition) is 4. The molecule has 0 aliphatic heterocycles. The Hall–Kier alpha value is -0.610. The van der Waals surface area contributed by atoms with Gasteiger partial charge in [0.1, 0.15) is 6.04 Å². The summed E-state index contributed by atoms with van der Waals surface area (Å²) in [6.07, 6.45) is 2.79. The summed E-state index contributed by atoms with van der Waals surface area (Å²) >= 11 is 0. The standard InChI is InChI=1S/C9H19NO3/c1-8(9(12)13-2)10-6-4-3-5-7-11/h8,10-11H,3-7H2,1-2H3. The SMILES string of the molecule is COC(=O)C(C)NCCCCCO. The zero-order valence-electron chi connectivity index (χ0n) is 8.38. The molecule has 0 fully saturated rings. The summed E-state index contributed by atoms with van der Waals surface area (Å²) in [4.78, 5) is 10.9. The van der Waals surface area contributed by atoms with E-state index >= 15 is 0 Å². The second-order valence-electron chi connectivity index (χ2n) is 2.98. The molecule has 0 aromatic heterocycles. The van der Waals surface area contributed by atoms with Gasteiger partial charge < -0.3 is 15.2 Å². The molecule has 1 atom stereocenters. The van der Waals surface area contributed by atoms with E-state index in [-0.39, 0.29) is 18.6 Å². The van der Waals surface area contributed by atoms with Crippen LogP contribution in [0.4, 0.5) is 0 Å². The molecule has 0 spiro atoms. The van der Waals surface area contributed by atoms with Crippen LogP contribution in [0.25, 0.3) is 0 Å². The molecule has 1 unspecified atom stereocenters. The third-order valence-corrected chi connectivity index (χ3v) is 1.84. The highest BCUT2D eigenvalue weighted by molar-refractivity contribution is 5.74. The van der Waals surface area contributed by atoms with Gasteiger partial charge in [0.2, 0.25) is 0 Å². The molecule has 4 heteroatoms. The molecular weight excluding hydrogens is 170 g/mol. The number of unbranched alkanes of at least 4 members (excludes halogenated alkanes) is 2. The average molecular weight is 189 g/mol. The number of esters is 1. The molecule has 4 nitrogen and oxygen atoms in total. The molecule has 0 radical (unpaired) electrons. The van der Waals surface area contributed by atoms with Crippen molar-refractivity contribution in [3.63, 3.8) is 0 Å².